The van der Waals surface area contributed by atoms with Crippen LogP contribution in [0.4, 0.5) is 9.93 Å². The van der Waals surface area contributed by atoms with Gasteiger partial charge in [-0.2, -0.15) is 5.26 Å². The maximum Gasteiger partial charge on any atom is 0.323 e. The lowest BCUT2D eigenvalue weighted by atomic mass is 9.98. The number of aryl methyl sites for hydroxylation is 2. The van der Waals surface area contributed by atoms with Crippen LogP contribution in [-0.2, 0) is 4.74 Å². The largest absolute Gasteiger partial charge is 0.378 e. The van der Waals surface area contributed by atoms with Gasteiger partial charge in [0.25, 0.3) is 0 Å². The molecule has 1 aliphatic rings. The first-order valence-electron chi connectivity index (χ1n) is 10.1. The second-order valence-corrected chi connectivity index (χ2v) is 8.45. The van der Waals surface area contributed by atoms with Crippen LogP contribution in [0, 0.1) is 32.1 Å². The van der Waals surface area contributed by atoms with E-state index in [2.05, 4.69) is 16.4 Å². The van der Waals surface area contributed by atoms with Crippen molar-refractivity contribution in [1.29, 1.82) is 5.26 Å². The number of rotatable bonds is 3. The number of hydrogen-bond donors (Lipinski definition) is 1. The number of carbonyl (C=O) groups is 1. The Kier molecular flexibility index (Phi) is 5.98. The van der Waals surface area contributed by atoms with E-state index in [1.54, 1.807) is 11.0 Å². The van der Waals surface area contributed by atoms with Crippen molar-refractivity contribution in [2.75, 3.05) is 31.6 Å². The minimum atomic E-state index is -0.181. The van der Waals surface area contributed by atoms with Gasteiger partial charge in [0.2, 0.25) is 0 Å². The number of anilines is 1. The maximum atomic E-state index is 12.7. The number of benzene rings is 1. The molecule has 2 amide bonds. The molecule has 1 aliphatic heterocycles. The second kappa shape index (κ2) is 8.84. The van der Waals surface area contributed by atoms with Gasteiger partial charge in [0.15, 0.2) is 5.13 Å². The van der Waals surface area contributed by atoms with Gasteiger partial charge in [-0.15, -0.1) is 0 Å². The Bertz CT molecular complexity index is 1150. The average molecular weight is 434 g/mol. The van der Waals surface area contributed by atoms with Crippen molar-refractivity contribution < 1.29 is 9.53 Å². The number of carbonyl (C=O) groups excluding carboxylic acids is 1. The minimum absolute atomic E-state index is 0.181. The first kappa shape index (κ1) is 21.0. The highest BCUT2D eigenvalue weighted by Gasteiger charge is 2.22. The Balaban J connectivity index is 1.79. The molecule has 3 aromatic rings. The van der Waals surface area contributed by atoms with E-state index < -0.39 is 0 Å². The van der Waals surface area contributed by atoms with E-state index in [1.807, 2.05) is 45.0 Å². The molecule has 0 atom stereocenters. The fraction of sp³-hybridized carbons (Fsp3) is 0.304. The summed E-state index contributed by atoms with van der Waals surface area (Å²) in [5.41, 5.74) is 5.92. The van der Waals surface area contributed by atoms with Gasteiger partial charge in [-0.1, -0.05) is 23.5 Å². The number of pyridine rings is 1. The minimum Gasteiger partial charge on any atom is -0.378 e. The van der Waals surface area contributed by atoms with Crippen LogP contribution in [0.1, 0.15) is 22.5 Å². The Morgan fingerprint density at radius 2 is 1.87 bits per heavy atom. The van der Waals surface area contributed by atoms with Gasteiger partial charge in [0, 0.05) is 30.0 Å². The normalized spacial score (nSPS) is 13.7. The molecular weight excluding hydrogens is 410 g/mol. The van der Waals surface area contributed by atoms with Crippen molar-refractivity contribution >= 4 is 22.5 Å². The first-order valence-corrected chi connectivity index (χ1v) is 10.9. The molecule has 0 spiro atoms. The molecule has 158 valence electrons. The highest BCUT2D eigenvalue weighted by Crippen LogP contribution is 2.41. The number of amides is 2. The number of nitrogens with zero attached hydrogens (tertiary/aromatic N) is 4. The molecule has 3 heterocycles. The lowest BCUT2D eigenvalue weighted by Crippen LogP contribution is -2.43. The molecule has 0 unspecified atom stereocenters. The Morgan fingerprint density at radius 1 is 1.16 bits per heavy atom. The number of hydrogen-bond acceptors (Lipinski definition) is 6. The van der Waals surface area contributed by atoms with E-state index in [0.29, 0.717) is 37.0 Å². The molecule has 7 nitrogen and oxygen atoms in total. The number of morpholine rings is 1. The van der Waals surface area contributed by atoms with Gasteiger partial charge < -0.3 is 9.64 Å². The summed E-state index contributed by atoms with van der Waals surface area (Å²) in [6, 6.07) is 11.7. The van der Waals surface area contributed by atoms with Gasteiger partial charge in [-0.3, -0.25) is 10.3 Å². The Labute approximate surface area is 185 Å². The van der Waals surface area contributed by atoms with Gasteiger partial charge >= 0.3 is 6.03 Å². The van der Waals surface area contributed by atoms with E-state index in [0.717, 1.165) is 38.6 Å². The Morgan fingerprint density at radius 3 is 2.55 bits per heavy atom. The average Bonchev–Trinajstić information content (AvgIpc) is 3.17. The van der Waals surface area contributed by atoms with Crippen LogP contribution in [0.15, 0.2) is 30.3 Å². The molecule has 8 heteroatoms. The summed E-state index contributed by atoms with van der Waals surface area (Å²) in [5.74, 6) is 0. The molecule has 1 aromatic carbocycles. The highest BCUT2D eigenvalue weighted by molar-refractivity contribution is 7.19. The standard InChI is InChI=1S/C23H23N5O2S/c1-14-11-18(12-15(2)25-14)21-20(19-6-4-5-17(13-24)16(19)3)26-22(31-21)27-23(29)28-7-9-30-10-8-28/h4-6,11-12H,7-10H2,1-3H3,(H,26,27,29). The molecule has 2 aromatic heterocycles. The molecule has 31 heavy (non-hydrogen) atoms. The zero-order valence-corrected chi connectivity index (χ0v) is 18.5. The van der Waals surface area contributed by atoms with Crippen molar-refractivity contribution in [3.05, 3.63) is 52.8 Å². The summed E-state index contributed by atoms with van der Waals surface area (Å²) in [6.07, 6.45) is 0. The third-order valence-corrected chi connectivity index (χ3v) is 6.21. The molecule has 4 rings (SSSR count). The Hall–Kier alpha value is -3.28. The van der Waals surface area contributed by atoms with Crippen LogP contribution >= 0.6 is 11.3 Å². The maximum absolute atomic E-state index is 12.7. The van der Waals surface area contributed by atoms with Crippen LogP contribution in [0.25, 0.3) is 21.7 Å². The van der Waals surface area contributed by atoms with Gasteiger partial charge in [-0.05, 0) is 50.1 Å². The third-order valence-electron chi connectivity index (χ3n) is 5.19. The second-order valence-electron chi connectivity index (χ2n) is 7.45. The summed E-state index contributed by atoms with van der Waals surface area (Å²) >= 11 is 1.43. The first-order chi connectivity index (χ1) is 15.0. The molecule has 1 fully saturated rings. The van der Waals surface area contributed by atoms with Gasteiger partial charge in [0.1, 0.15) is 0 Å². The molecule has 1 saturated heterocycles. The quantitative estimate of drug-likeness (QED) is 0.655. The van der Waals surface area contributed by atoms with E-state index in [4.69, 9.17) is 9.72 Å². The monoisotopic (exact) mass is 433 g/mol. The lowest BCUT2D eigenvalue weighted by molar-refractivity contribution is 0.0564. The van der Waals surface area contributed by atoms with Crippen molar-refractivity contribution in [1.82, 2.24) is 14.9 Å². The fourth-order valence-corrected chi connectivity index (χ4v) is 4.62. The van der Waals surface area contributed by atoms with Crippen molar-refractivity contribution in [3.63, 3.8) is 0 Å². The van der Waals surface area contributed by atoms with Crippen LogP contribution in [0.2, 0.25) is 0 Å². The van der Waals surface area contributed by atoms with E-state index in [1.165, 1.54) is 11.3 Å². The number of aromatic nitrogens is 2. The van der Waals surface area contributed by atoms with E-state index >= 15 is 0 Å². The molecule has 1 N–H and O–H groups in total. The number of nitriles is 1. The van der Waals surface area contributed by atoms with Gasteiger partial charge in [-0.25, -0.2) is 9.78 Å². The predicted molar refractivity (Wildman–Crippen MR) is 121 cm³/mol. The van der Waals surface area contributed by atoms with Crippen molar-refractivity contribution in [3.8, 4) is 27.8 Å². The number of urea groups is 1. The fourth-order valence-electron chi connectivity index (χ4n) is 3.67. The van der Waals surface area contributed by atoms with Crippen molar-refractivity contribution in [2.45, 2.75) is 20.8 Å². The van der Waals surface area contributed by atoms with Gasteiger partial charge in [0.05, 0.1) is 35.4 Å². The summed E-state index contributed by atoms with van der Waals surface area (Å²) in [7, 11) is 0. The van der Waals surface area contributed by atoms with Crippen LogP contribution < -0.4 is 5.32 Å². The van der Waals surface area contributed by atoms with Crippen LogP contribution in [-0.4, -0.2) is 47.2 Å². The highest BCUT2D eigenvalue weighted by atomic mass is 32.1. The predicted octanol–water partition coefficient (Wildman–Crippen LogP) is 4.53. The number of nitrogens with one attached hydrogen (secondary N) is 1. The molecule has 0 bridgehead atoms. The molecule has 0 saturated carbocycles. The third kappa shape index (κ3) is 4.43. The topological polar surface area (TPSA) is 91.1 Å². The number of thiazole rings is 1. The summed E-state index contributed by atoms with van der Waals surface area (Å²) < 4.78 is 5.33. The SMILES string of the molecule is Cc1cc(-c2sc(NC(=O)N3CCOCC3)nc2-c2cccc(C#N)c2C)cc(C)n1. The summed E-state index contributed by atoms with van der Waals surface area (Å²) in [6.45, 7) is 8.03. The smallest absolute Gasteiger partial charge is 0.323 e. The molecule has 0 radical (unpaired) electrons. The van der Waals surface area contributed by atoms with Crippen LogP contribution in [0.3, 0.4) is 0 Å². The lowest BCUT2D eigenvalue weighted by Gasteiger charge is -2.26. The summed E-state index contributed by atoms with van der Waals surface area (Å²) in [5, 5.41) is 12.9. The van der Waals surface area contributed by atoms with Crippen molar-refractivity contribution in [2.24, 2.45) is 0 Å². The summed E-state index contributed by atoms with van der Waals surface area (Å²) in [4.78, 5) is 24.6. The van der Waals surface area contributed by atoms with Crippen LogP contribution in [0.5, 0.6) is 0 Å². The molecular formula is C23H23N5O2S. The zero-order valence-electron chi connectivity index (χ0n) is 17.7. The van der Waals surface area contributed by atoms with E-state index in [9.17, 15) is 10.1 Å². The molecule has 0 aliphatic carbocycles. The number of ether oxygens (including phenoxy) is 1. The van der Waals surface area contributed by atoms with E-state index in [-0.39, 0.29) is 6.03 Å². The zero-order chi connectivity index (χ0) is 22.0.